The number of hydrogen-bond acceptors (Lipinski definition) is 3. The van der Waals surface area contributed by atoms with Crippen molar-refractivity contribution in [2.24, 2.45) is 0 Å². The molecule has 0 fully saturated rings. The molecule has 1 atom stereocenters. The van der Waals surface area contributed by atoms with E-state index in [-0.39, 0.29) is 4.83 Å². The Balaban J connectivity index is 2.41. The standard InChI is InChI=1S/C15H17BrO2S/c1-4-10-7-8-19-15(10)14(16)12-6-5-11(17-2)9-13(12)18-3/h5-9,14H,4H2,1-3H3. The summed E-state index contributed by atoms with van der Waals surface area (Å²) in [6, 6.07) is 8.12. The summed E-state index contributed by atoms with van der Waals surface area (Å²) in [7, 11) is 3.35. The van der Waals surface area contributed by atoms with E-state index in [0.717, 1.165) is 23.5 Å². The molecule has 0 aliphatic heterocycles. The van der Waals surface area contributed by atoms with E-state index in [0.29, 0.717) is 0 Å². The van der Waals surface area contributed by atoms with Gasteiger partial charge in [0.2, 0.25) is 0 Å². The first kappa shape index (κ1) is 14.4. The second-order valence-electron chi connectivity index (χ2n) is 4.13. The molecule has 2 rings (SSSR count). The number of halogens is 1. The lowest BCUT2D eigenvalue weighted by Crippen LogP contribution is -1.98. The predicted molar refractivity (Wildman–Crippen MR) is 84.0 cm³/mol. The molecule has 0 N–H and O–H groups in total. The third kappa shape index (κ3) is 2.95. The number of aryl methyl sites for hydroxylation is 1. The minimum absolute atomic E-state index is 0.156. The molecule has 0 aliphatic carbocycles. The molecule has 19 heavy (non-hydrogen) atoms. The molecule has 2 nitrogen and oxygen atoms in total. The Kier molecular flexibility index (Phi) is 4.88. The number of ether oxygens (including phenoxy) is 2. The lowest BCUT2D eigenvalue weighted by Gasteiger charge is -2.15. The zero-order valence-corrected chi connectivity index (χ0v) is 13.7. The molecule has 0 aliphatic rings. The summed E-state index contributed by atoms with van der Waals surface area (Å²) < 4.78 is 10.7. The van der Waals surface area contributed by atoms with Gasteiger partial charge in [-0.1, -0.05) is 28.9 Å². The van der Waals surface area contributed by atoms with Crippen LogP contribution in [-0.4, -0.2) is 14.2 Å². The highest BCUT2D eigenvalue weighted by atomic mass is 79.9. The van der Waals surface area contributed by atoms with Crippen LogP contribution in [-0.2, 0) is 6.42 Å². The molecule has 4 heteroatoms. The maximum absolute atomic E-state index is 5.48. The second kappa shape index (κ2) is 6.44. The van der Waals surface area contributed by atoms with Gasteiger partial charge in [-0.2, -0.15) is 0 Å². The van der Waals surface area contributed by atoms with Gasteiger partial charge in [-0.25, -0.2) is 0 Å². The molecule has 1 heterocycles. The molecule has 0 saturated heterocycles. The number of hydrogen-bond donors (Lipinski definition) is 0. The first-order valence-corrected chi connectivity index (χ1v) is 7.93. The van der Waals surface area contributed by atoms with Crippen LogP contribution >= 0.6 is 27.3 Å². The van der Waals surface area contributed by atoms with Gasteiger partial charge in [-0.15, -0.1) is 11.3 Å². The van der Waals surface area contributed by atoms with Gasteiger partial charge in [-0.3, -0.25) is 0 Å². The molecular weight excluding hydrogens is 324 g/mol. The highest BCUT2D eigenvalue weighted by molar-refractivity contribution is 9.09. The van der Waals surface area contributed by atoms with Crippen molar-refractivity contribution in [3.05, 3.63) is 45.6 Å². The van der Waals surface area contributed by atoms with E-state index in [1.54, 1.807) is 25.6 Å². The van der Waals surface area contributed by atoms with Crippen molar-refractivity contribution >= 4 is 27.3 Å². The first-order valence-electron chi connectivity index (χ1n) is 6.13. The van der Waals surface area contributed by atoms with Crippen molar-refractivity contribution in [1.29, 1.82) is 0 Å². The van der Waals surface area contributed by atoms with Crippen LogP contribution in [0.2, 0.25) is 0 Å². The SMILES string of the molecule is CCc1ccsc1C(Br)c1ccc(OC)cc1OC. The molecule has 0 spiro atoms. The van der Waals surface area contributed by atoms with E-state index in [2.05, 4.69) is 40.4 Å². The molecule has 102 valence electrons. The summed E-state index contributed by atoms with van der Waals surface area (Å²) in [6.45, 7) is 2.18. The van der Waals surface area contributed by atoms with Gasteiger partial charge in [0, 0.05) is 16.5 Å². The summed E-state index contributed by atoms with van der Waals surface area (Å²) in [4.78, 5) is 1.49. The fourth-order valence-electron chi connectivity index (χ4n) is 2.03. The average molecular weight is 341 g/mol. The zero-order chi connectivity index (χ0) is 13.8. The maximum atomic E-state index is 5.48. The largest absolute Gasteiger partial charge is 0.497 e. The van der Waals surface area contributed by atoms with Crippen LogP contribution in [0.3, 0.4) is 0 Å². The summed E-state index contributed by atoms with van der Waals surface area (Å²) in [6.07, 6.45) is 1.04. The van der Waals surface area contributed by atoms with E-state index >= 15 is 0 Å². The van der Waals surface area contributed by atoms with Gasteiger partial charge < -0.3 is 9.47 Å². The Morgan fingerprint density at radius 3 is 2.63 bits per heavy atom. The topological polar surface area (TPSA) is 18.5 Å². The van der Waals surface area contributed by atoms with Crippen LogP contribution in [0, 0.1) is 0 Å². The Bertz CT molecular complexity index is 551. The molecule has 1 aromatic carbocycles. The Labute approximate surface area is 126 Å². The van der Waals surface area contributed by atoms with Crippen LogP contribution in [0.5, 0.6) is 11.5 Å². The van der Waals surface area contributed by atoms with Crippen LogP contribution in [0.4, 0.5) is 0 Å². The third-order valence-corrected chi connectivity index (χ3v) is 5.38. The Morgan fingerprint density at radius 1 is 1.21 bits per heavy atom. The molecule has 0 radical (unpaired) electrons. The number of alkyl halides is 1. The van der Waals surface area contributed by atoms with E-state index in [4.69, 9.17) is 9.47 Å². The predicted octanol–water partition coefficient (Wildman–Crippen LogP) is 4.81. The van der Waals surface area contributed by atoms with Gasteiger partial charge in [0.25, 0.3) is 0 Å². The lowest BCUT2D eigenvalue weighted by molar-refractivity contribution is 0.391. The van der Waals surface area contributed by atoms with Crippen molar-refractivity contribution in [3.63, 3.8) is 0 Å². The maximum Gasteiger partial charge on any atom is 0.127 e. The number of benzene rings is 1. The van der Waals surface area contributed by atoms with Crippen LogP contribution in [0.15, 0.2) is 29.6 Å². The smallest absolute Gasteiger partial charge is 0.127 e. The highest BCUT2D eigenvalue weighted by Crippen LogP contribution is 2.41. The molecule has 0 amide bonds. The minimum Gasteiger partial charge on any atom is -0.497 e. The molecule has 1 unspecified atom stereocenters. The monoisotopic (exact) mass is 340 g/mol. The van der Waals surface area contributed by atoms with Crippen molar-refractivity contribution in [1.82, 2.24) is 0 Å². The Hall–Kier alpha value is -1.00. The summed E-state index contributed by atoms with van der Waals surface area (Å²) in [5.41, 5.74) is 2.50. The lowest BCUT2D eigenvalue weighted by atomic mass is 10.1. The van der Waals surface area contributed by atoms with E-state index in [9.17, 15) is 0 Å². The number of methoxy groups -OCH3 is 2. The van der Waals surface area contributed by atoms with Gasteiger partial charge >= 0.3 is 0 Å². The van der Waals surface area contributed by atoms with E-state index in [1.807, 2.05) is 12.1 Å². The van der Waals surface area contributed by atoms with Crippen LogP contribution in [0.25, 0.3) is 0 Å². The highest BCUT2D eigenvalue weighted by Gasteiger charge is 2.19. The first-order chi connectivity index (χ1) is 9.21. The Morgan fingerprint density at radius 2 is 2.00 bits per heavy atom. The summed E-state index contributed by atoms with van der Waals surface area (Å²) in [5.74, 6) is 1.65. The molecule has 0 bridgehead atoms. The second-order valence-corrected chi connectivity index (χ2v) is 6.00. The summed E-state index contributed by atoms with van der Waals surface area (Å²) >= 11 is 5.57. The average Bonchev–Trinajstić information content (AvgIpc) is 2.94. The van der Waals surface area contributed by atoms with Crippen molar-refractivity contribution in [2.45, 2.75) is 18.2 Å². The van der Waals surface area contributed by atoms with E-state index in [1.165, 1.54) is 10.4 Å². The minimum atomic E-state index is 0.156. The van der Waals surface area contributed by atoms with Crippen molar-refractivity contribution < 1.29 is 9.47 Å². The van der Waals surface area contributed by atoms with Crippen LogP contribution < -0.4 is 9.47 Å². The zero-order valence-electron chi connectivity index (χ0n) is 11.3. The quantitative estimate of drug-likeness (QED) is 0.727. The van der Waals surface area contributed by atoms with Gasteiger partial charge in [0.05, 0.1) is 19.0 Å². The van der Waals surface area contributed by atoms with E-state index < -0.39 is 0 Å². The number of thiophene rings is 1. The number of rotatable bonds is 5. The van der Waals surface area contributed by atoms with Gasteiger partial charge in [0.1, 0.15) is 11.5 Å². The van der Waals surface area contributed by atoms with Gasteiger partial charge in [-0.05, 0) is 29.5 Å². The fraction of sp³-hybridized carbons (Fsp3) is 0.333. The molecule has 1 aromatic heterocycles. The van der Waals surface area contributed by atoms with Crippen LogP contribution in [0.1, 0.15) is 27.8 Å². The molecule has 0 saturated carbocycles. The third-order valence-electron chi connectivity index (χ3n) is 3.11. The van der Waals surface area contributed by atoms with Crippen molar-refractivity contribution in [2.75, 3.05) is 14.2 Å². The van der Waals surface area contributed by atoms with Gasteiger partial charge in [0.15, 0.2) is 0 Å². The fourth-order valence-corrected chi connectivity index (χ4v) is 4.02. The molecular formula is C15H17BrO2S. The summed E-state index contributed by atoms with van der Waals surface area (Å²) in [5, 5.41) is 2.14. The van der Waals surface area contributed by atoms with Crippen molar-refractivity contribution in [3.8, 4) is 11.5 Å². The molecule has 2 aromatic rings. The normalized spacial score (nSPS) is 12.2.